The Bertz CT molecular complexity index is 5700. The first-order chi connectivity index (χ1) is 64.3. The Morgan fingerprint density at radius 3 is 0.796 bits per heavy atom. The molecule has 10 heteroatoms. The van der Waals surface area contributed by atoms with Crippen LogP contribution in [0.1, 0.15) is 299 Å². The Balaban J connectivity index is 0.000000164. The Kier molecular flexibility index (Phi) is 38.2. The van der Waals surface area contributed by atoms with Gasteiger partial charge < -0.3 is 0 Å². The number of nitrogens with zero attached hydrogens (tertiary/aromatic N) is 5. The summed E-state index contributed by atoms with van der Waals surface area (Å²) < 4.78 is 11.9. The zero-order valence-corrected chi connectivity index (χ0v) is 99.1. The third-order valence-electron chi connectivity index (χ3n) is 32.2. The van der Waals surface area contributed by atoms with Gasteiger partial charge in [0.1, 0.15) is 35.2 Å². The lowest BCUT2D eigenvalue weighted by Crippen LogP contribution is -2.47. The van der Waals surface area contributed by atoms with Crippen molar-refractivity contribution in [2.45, 2.75) is 399 Å². The van der Waals surface area contributed by atoms with Gasteiger partial charge in [-0.15, -0.1) is 0 Å². The van der Waals surface area contributed by atoms with Gasteiger partial charge in [0.05, 0.1) is 40.4 Å². The van der Waals surface area contributed by atoms with E-state index in [0.29, 0.717) is 17.8 Å². The summed E-state index contributed by atoms with van der Waals surface area (Å²) in [5.74, 6) is 6.38. The molecule has 0 atom stereocenters. The van der Waals surface area contributed by atoms with Crippen molar-refractivity contribution in [1.82, 2.24) is 0 Å². The fourth-order valence-electron chi connectivity index (χ4n) is 23.8. The number of pyridine rings is 5. The largest absolute Gasteiger partial charge is 0.212 e. The number of benzene rings is 5. The van der Waals surface area contributed by atoms with E-state index < -0.39 is 40.4 Å². The van der Waals surface area contributed by atoms with Crippen LogP contribution in [0.2, 0.25) is 98.2 Å². The van der Waals surface area contributed by atoms with Crippen molar-refractivity contribution >= 4 is 66.3 Å². The minimum Gasteiger partial charge on any atom is -0.201 e. The van der Waals surface area contributed by atoms with Crippen molar-refractivity contribution in [2.24, 2.45) is 70.7 Å². The van der Waals surface area contributed by atoms with Crippen molar-refractivity contribution in [3.63, 3.8) is 0 Å². The average molecular weight is 1930 g/mol. The smallest absolute Gasteiger partial charge is 0.201 e. The molecule has 5 nitrogen and oxygen atoms in total. The van der Waals surface area contributed by atoms with Crippen LogP contribution in [0.3, 0.4) is 0 Å². The summed E-state index contributed by atoms with van der Waals surface area (Å²) in [5, 5.41) is 8.26. The summed E-state index contributed by atoms with van der Waals surface area (Å²) in [6, 6.07) is 47.8. The highest BCUT2D eigenvalue weighted by Crippen LogP contribution is 2.39. The van der Waals surface area contributed by atoms with Crippen molar-refractivity contribution < 1.29 is 22.8 Å². The maximum Gasteiger partial charge on any atom is 0.212 e. The van der Waals surface area contributed by atoms with E-state index in [-0.39, 0.29) is 5.41 Å². The third-order valence-corrected chi connectivity index (χ3v) is 42.6. The minimum absolute atomic E-state index is 0.173. The van der Waals surface area contributed by atoms with Crippen LogP contribution in [0.25, 0.3) is 56.3 Å². The van der Waals surface area contributed by atoms with Gasteiger partial charge in [-0.25, -0.2) is 22.8 Å². The Morgan fingerprint density at radius 2 is 0.533 bits per heavy atom. The van der Waals surface area contributed by atoms with Gasteiger partial charge >= 0.3 is 0 Å². The first kappa shape index (κ1) is 110. The molecule has 742 valence electrons. The quantitative estimate of drug-likeness (QED) is 0.0380. The minimum atomic E-state index is -1.38. The SMILES string of the molecule is CCC(CC)c1ccc(C)c(-c2cc(CC3CCCC3)c([Si](C)(C)C)c[n+]2C)c1.Cc1ccc(C(C)(C)C)cc1-c1cc(CC2CCCC2)c([Si](C)(C)C)c[n+]1C.Cc1ccc(C(C)C)cc1-c1cc(CC2CCCC2)c([Si](C)(C)C)c[n+]1C.Cc1ccc(C)c(-c2cc(CC3CCCC3)c([Si](C)(C)C)c[n+]2C)c1.Cc1ccc(CC(C)C)cc1-c1cc(CC2CCCC2)c([Si](C)(C)C)c[n+]1C. The topological polar surface area (TPSA) is 19.4 Å². The van der Waals surface area contributed by atoms with Crippen LogP contribution in [-0.4, -0.2) is 40.4 Å². The second-order valence-corrected chi connectivity index (χ2v) is 76.4. The Morgan fingerprint density at radius 1 is 0.292 bits per heavy atom. The van der Waals surface area contributed by atoms with Crippen LogP contribution in [0.5, 0.6) is 0 Å². The van der Waals surface area contributed by atoms with Crippen molar-refractivity contribution in [3.05, 3.63) is 236 Å². The highest BCUT2D eigenvalue weighted by atomic mass is 28.3. The molecule has 0 N–H and O–H groups in total. The van der Waals surface area contributed by atoms with E-state index in [4.69, 9.17) is 0 Å². The van der Waals surface area contributed by atoms with Crippen LogP contribution in [0.15, 0.2) is 152 Å². The van der Waals surface area contributed by atoms with Crippen LogP contribution in [0, 0.1) is 77.0 Å². The van der Waals surface area contributed by atoms with Crippen LogP contribution in [-0.2, 0) is 79.2 Å². The number of hydrogen-bond donors (Lipinski definition) is 0. The second-order valence-electron chi connectivity index (χ2n) is 51.2. The molecular weight excluding hydrogens is 1740 g/mol. The average Bonchev–Trinajstić information content (AvgIpc) is 1.79. The molecular formula is C127H194N5Si5+5. The van der Waals surface area contributed by atoms with Gasteiger partial charge in [-0.1, -0.05) is 355 Å². The summed E-state index contributed by atoms with van der Waals surface area (Å²) in [5.41, 5.74) is 36.3. The van der Waals surface area contributed by atoms with E-state index >= 15 is 0 Å². The highest BCUT2D eigenvalue weighted by Gasteiger charge is 2.37. The predicted octanol–water partition coefficient (Wildman–Crippen LogP) is 29.7. The molecule has 0 aliphatic heterocycles. The zero-order chi connectivity index (χ0) is 100. The number of aromatic nitrogens is 5. The molecule has 0 radical (unpaired) electrons. The molecule has 15 rings (SSSR count). The van der Waals surface area contributed by atoms with Crippen LogP contribution >= 0.6 is 0 Å². The first-order valence-corrected chi connectivity index (χ1v) is 72.4. The fraction of sp³-hybridized carbons (Fsp3) is 0.567. The molecule has 0 saturated heterocycles. The van der Waals surface area contributed by atoms with Gasteiger partial charge in [-0.05, 0) is 254 Å². The monoisotopic (exact) mass is 1930 g/mol. The standard InChI is InChI=1S/C27H42NSi.2C26H40NSi.C25H38NSi.C23H34NSi/c1-8-22(9-2)23-15-14-20(3)25(17-23)26-18-24(16-21-12-10-11-13-21)27(19-28(26)4)29(5,6)7;1-19-13-14-22(26(2,3)4)17-23(19)24-16-21(15-20-11-9-10-12-20)25(18-27(24)5)28(6,7)8;1-19(2)14-22-13-12-20(3)24(16-22)25-17-23(15-21-10-8-9-11-21)26(18-27(25)4)28(5,6)7;1-18(2)21-13-12-19(3)23(15-21)24-16-22(14-20-10-8-9-11-20)25(17-26(24)4)27(5,6)7;1-17-11-12-18(2)21(13-17)22-15-20(14-19-9-7-8-10-19)23(16-24(22)3)25(4,5)6/h14-15,17-19,21-22H,8-13,16H2,1-7H3;13-14,16-18,20H,9-12,15H2,1-8H3;12-13,16-19,21H,8-11,14-15H2,1-7H3;12-13,15-18,20H,8-11,14H2,1-7H3;11-13,15-16,19H,7-10,14H2,1-6H3/q5*+1. The van der Waals surface area contributed by atoms with Crippen molar-refractivity contribution in [3.8, 4) is 56.3 Å². The third kappa shape index (κ3) is 29.6. The molecule has 0 unspecified atom stereocenters. The normalized spacial score (nSPS) is 15.7. The molecule has 5 aromatic carbocycles. The molecule has 5 saturated carbocycles. The molecule has 5 fully saturated rings. The summed E-state index contributed by atoms with van der Waals surface area (Å²) in [6.07, 6.45) is 50.8. The van der Waals surface area contributed by atoms with Crippen molar-refractivity contribution in [2.75, 3.05) is 0 Å². The zero-order valence-electron chi connectivity index (χ0n) is 94.1. The highest BCUT2D eigenvalue weighted by molar-refractivity contribution is 6.90. The van der Waals surface area contributed by atoms with E-state index in [1.54, 1.807) is 53.8 Å². The first-order valence-electron chi connectivity index (χ1n) is 54.9. The fourth-order valence-corrected chi connectivity index (χ4v) is 32.4. The maximum absolute atomic E-state index is 2.56. The van der Waals surface area contributed by atoms with Gasteiger partial charge in [0.15, 0.2) is 31.0 Å². The number of rotatable bonds is 26. The van der Waals surface area contributed by atoms with E-state index in [1.165, 1.54) is 285 Å². The van der Waals surface area contributed by atoms with E-state index in [1.807, 2.05) is 0 Å². The summed E-state index contributed by atoms with van der Waals surface area (Å²) >= 11 is 0. The summed E-state index contributed by atoms with van der Waals surface area (Å²) in [6.45, 7) is 71.6. The predicted molar refractivity (Wildman–Crippen MR) is 612 cm³/mol. The van der Waals surface area contributed by atoms with Gasteiger partial charge in [0, 0.05) is 84.1 Å². The summed E-state index contributed by atoms with van der Waals surface area (Å²) in [4.78, 5) is 0. The maximum atomic E-state index is 2.56. The molecule has 5 heterocycles. The van der Waals surface area contributed by atoms with Crippen LogP contribution < -0.4 is 48.8 Å². The van der Waals surface area contributed by atoms with Gasteiger partial charge in [-0.3, -0.25) is 0 Å². The lowest BCUT2D eigenvalue weighted by atomic mass is 9.84. The second kappa shape index (κ2) is 47.4. The molecule has 5 aliphatic carbocycles. The lowest BCUT2D eigenvalue weighted by Gasteiger charge is -2.23. The molecule has 0 bridgehead atoms. The Hall–Kier alpha value is -7.07. The molecule has 5 aliphatic rings. The van der Waals surface area contributed by atoms with Gasteiger partial charge in [-0.2, -0.15) is 0 Å². The Labute approximate surface area is 844 Å². The van der Waals surface area contributed by atoms with E-state index in [9.17, 15) is 0 Å². The lowest BCUT2D eigenvalue weighted by molar-refractivity contribution is -0.659. The van der Waals surface area contributed by atoms with Gasteiger partial charge in [0.25, 0.3) is 0 Å². The van der Waals surface area contributed by atoms with E-state index in [0.717, 1.165) is 36.0 Å². The van der Waals surface area contributed by atoms with E-state index in [2.05, 4.69) is 412 Å². The van der Waals surface area contributed by atoms with Crippen molar-refractivity contribution in [1.29, 1.82) is 0 Å². The van der Waals surface area contributed by atoms with Crippen LogP contribution in [0.4, 0.5) is 0 Å². The molecule has 0 spiro atoms. The molecule has 10 aromatic rings. The number of aryl methyl sites for hydroxylation is 11. The number of hydrogen-bond acceptors (Lipinski definition) is 0. The molecule has 0 amide bonds. The van der Waals surface area contributed by atoms with Gasteiger partial charge in [0.2, 0.25) is 28.5 Å². The molecule has 137 heavy (non-hydrogen) atoms. The molecule has 5 aromatic heterocycles. The summed E-state index contributed by atoms with van der Waals surface area (Å²) in [7, 11) is 4.34.